The Kier molecular flexibility index (Phi) is 8.22. The minimum Gasteiger partial charge on any atom is -0.444 e. The number of carbonyl (C=O) groups excluding carboxylic acids is 1. The maximum absolute atomic E-state index is 13.8. The first-order chi connectivity index (χ1) is 19.5. The lowest BCUT2D eigenvalue weighted by molar-refractivity contribution is -0.140. The van der Waals surface area contributed by atoms with Crippen molar-refractivity contribution in [1.82, 2.24) is 13.9 Å². The number of alkyl halides is 5. The smallest absolute Gasteiger partial charge is 0.433 e. The first-order valence-electron chi connectivity index (χ1n) is 12.4. The Hall–Kier alpha value is -4.20. The molecular formula is C28H26F5N3O5S. The second-order valence-corrected chi connectivity index (χ2v) is 12.1. The zero-order valence-corrected chi connectivity index (χ0v) is 23.6. The van der Waals surface area contributed by atoms with Crippen molar-refractivity contribution in [3.63, 3.8) is 0 Å². The van der Waals surface area contributed by atoms with E-state index in [1.165, 1.54) is 60.6 Å². The molecule has 0 bridgehead atoms. The molecule has 4 aromatic rings. The average molecular weight is 612 g/mol. The average Bonchev–Trinajstić information content (AvgIpc) is 3.25. The van der Waals surface area contributed by atoms with Crippen LogP contribution in [-0.4, -0.2) is 47.6 Å². The van der Waals surface area contributed by atoms with Crippen molar-refractivity contribution in [2.75, 3.05) is 7.05 Å². The molecule has 0 aliphatic heterocycles. The van der Waals surface area contributed by atoms with Crippen LogP contribution in [0.5, 0.6) is 5.75 Å². The zero-order valence-electron chi connectivity index (χ0n) is 22.8. The van der Waals surface area contributed by atoms with Crippen molar-refractivity contribution in [3.8, 4) is 16.9 Å². The van der Waals surface area contributed by atoms with Crippen LogP contribution in [0, 0.1) is 0 Å². The van der Waals surface area contributed by atoms with Crippen LogP contribution in [0.4, 0.5) is 26.7 Å². The summed E-state index contributed by atoms with van der Waals surface area (Å²) in [6.45, 7) is 1.72. The number of halogens is 5. The fraction of sp³-hybridized carbons (Fsp3) is 0.286. The van der Waals surface area contributed by atoms with E-state index in [0.29, 0.717) is 10.9 Å². The van der Waals surface area contributed by atoms with Crippen LogP contribution < -0.4 is 4.74 Å². The van der Waals surface area contributed by atoms with Gasteiger partial charge in [0.1, 0.15) is 11.4 Å². The number of amides is 1. The summed E-state index contributed by atoms with van der Waals surface area (Å²) in [5, 5.41) is 0.315. The number of hydrogen-bond acceptors (Lipinski definition) is 6. The van der Waals surface area contributed by atoms with E-state index in [1.54, 1.807) is 20.8 Å². The van der Waals surface area contributed by atoms with Gasteiger partial charge >= 0.3 is 18.9 Å². The van der Waals surface area contributed by atoms with Crippen LogP contribution in [0.25, 0.3) is 22.0 Å². The highest BCUT2D eigenvalue weighted by Crippen LogP contribution is 2.38. The largest absolute Gasteiger partial charge is 0.444 e. The molecule has 8 nitrogen and oxygen atoms in total. The van der Waals surface area contributed by atoms with Gasteiger partial charge in [-0.15, -0.1) is 0 Å². The Morgan fingerprint density at radius 1 is 1.05 bits per heavy atom. The van der Waals surface area contributed by atoms with E-state index in [4.69, 9.17) is 4.74 Å². The molecule has 0 N–H and O–H groups in total. The third-order valence-corrected chi connectivity index (χ3v) is 7.61. The SMILES string of the molecule is CN(Cc1cn(S(=O)(=O)c2cccc(OC(F)F)c2)c2cc(-c3cccnc3C(F)(F)F)ccc12)C(=O)OC(C)(C)C. The molecule has 0 aliphatic rings. The first kappa shape index (κ1) is 30.8. The van der Waals surface area contributed by atoms with E-state index in [1.807, 2.05) is 0 Å². The number of benzene rings is 2. The van der Waals surface area contributed by atoms with Gasteiger partial charge in [-0.3, -0.25) is 4.98 Å². The normalized spacial score (nSPS) is 12.5. The van der Waals surface area contributed by atoms with Gasteiger partial charge in [-0.25, -0.2) is 17.2 Å². The Morgan fingerprint density at radius 2 is 1.76 bits per heavy atom. The van der Waals surface area contributed by atoms with E-state index in [2.05, 4.69) is 9.72 Å². The molecule has 2 aromatic carbocycles. The van der Waals surface area contributed by atoms with Crippen molar-refractivity contribution in [2.24, 2.45) is 0 Å². The van der Waals surface area contributed by atoms with Crippen LogP contribution in [0.2, 0.25) is 0 Å². The van der Waals surface area contributed by atoms with Crippen molar-refractivity contribution < 1.29 is 44.6 Å². The Morgan fingerprint density at radius 3 is 2.40 bits per heavy atom. The minimum atomic E-state index is -4.79. The van der Waals surface area contributed by atoms with E-state index in [0.717, 1.165) is 22.3 Å². The predicted octanol–water partition coefficient (Wildman–Crippen LogP) is 6.93. The number of aromatic nitrogens is 2. The molecule has 224 valence electrons. The molecule has 0 saturated carbocycles. The summed E-state index contributed by atoms with van der Waals surface area (Å²) in [6, 6.07) is 11.1. The summed E-state index contributed by atoms with van der Waals surface area (Å²) in [6.07, 6.45) is -3.26. The summed E-state index contributed by atoms with van der Waals surface area (Å²) in [7, 11) is -3.07. The van der Waals surface area contributed by atoms with Gasteiger partial charge in [-0.2, -0.15) is 22.0 Å². The molecule has 0 aliphatic carbocycles. The number of nitrogens with zero attached hydrogens (tertiary/aromatic N) is 3. The molecule has 0 spiro atoms. The molecule has 0 radical (unpaired) electrons. The van der Waals surface area contributed by atoms with Crippen LogP contribution in [0.15, 0.2) is 71.9 Å². The van der Waals surface area contributed by atoms with Crippen molar-refractivity contribution in [2.45, 2.75) is 50.6 Å². The van der Waals surface area contributed by atoms with E-state index >= 15 is 0 Å². The number of ether oxygens (including phenoxy) is 2. The standard InChI is InChI=1S/C28H26F5N3O5S/c1-27(2,3)41-26(37)35(4)15-18-16-36(42(38,39)20-8-5-7-19(14-20)40-25(29)30)23-13-17(10-11-21(18)23)22-9-6-12-34-24(22)28(31,32)33/h5-14,16,25H,15H2,1-4H3. The molecule has 0 atom stereocenters. The van der Waals surface area contributed by atoms with Gasteiger partial charge in [0.15, 0.2) is 5.69 Å². The van der Waals surface area contributed by atoms with Gasteiger partial charge in [0.25, 0.3) is 10.0 Å². The lowest BCUT2D eigenvalue weighted by Gasteiger charge is -2.24. The third kappa shape index (κ3) is 6.64. The van der Waals surface area contributed by atoms with E-state index in [9.17, 15) is 35.2 Å². The third-order valence-electron chi connectivity index (χ3n) is 5.94. The highest BCUT2D eigenvalue weighted by atomic mass is 32.2. The Labute approximate surface area is 238 Å². The lowest BCUT2D eigenvalue weighted by Crippen LogP contribution is -2.33. The molecule has 42 heavy (non-hydrogen) atoms. The van der Waals surface area contributed by atoms with E-state index in [-0.39, 0.29) is 23.2 Å². The number of carbonyl (C=O) groups is 1. The lowest BCUT2D eigenvalue weighted by atomic mass is 10.0. The van der Waals surface area contributed by atoms with Crippen molar-refractivity contribution >= 4 is 27.0 Å². The molecule has 1 amide bonds. The second kappa shape index (κ2) is 11.2. The summed E-state index contributed by atoms with van der Waals surface area (Å²) >= 11 is 0. The predicted molar refractivity (Wildman–Crippen MR) is 144 cm³/mol. The molecule has 2 heterocycles. The van der Waals surface area contributed by atoms with Crippen molar-refractivity contribution in [3.05, 3.63) is 78.2 Å². The van der Waals surface area contributed by atoms with Gasteiger partial charge in [0.2, 0.25) is 0 Å². The maximum atomic E-state index is 13.8. The quantitative estimate of drug-likeness (QED) is 0.211. The molecule has 0 saturated heterocycles. The molecule has 4 rings (SSSR count). The summed E-state index contributed by atoms with van der Waals surface area (Å²) in [5.74, 6) is -0.404. The first-order valence-corrected chi connectivity index (χ1v) is 13.8. The topological polar surface area (TPSA) is 90.7 Å². The molecule has 2 aromatic heterocycles. The summed E-state index contributed by atoms with van der Waals surface area (Å²) < 4.78 is 105. The van der Waals surface area contributed by atoms with Gasteiger partial charge in [-0.1, -0.05) is 24.3 Å². The minimum absolute atomic E-state index is 0.0164. The van der Waals surface area contributed by atoms with Gasteiger partial charge in [0.05, 0.1) is 17.0 Å². The Bertz CT molecular complexity index is 1730. The fourth-order valence-electron chi connectivity index (χ4n) is 4.21. The number of rotatable bonds is 7. The highest BCUT2D eigenvalue weighted by Gasteiger charge is 2.35. The number of hydrogen-bond donors (Lipinski definition) is 0. The number of pyridine rings is 1. The fourth-order valence-corrected chi connectivity index (χ4v) is 5.63. The van der Waals surface area contributed by atoms with Gasteiger partial charge in [-0.05, 0) is 56.2 Å². The van der Waals surface area contributed by atoms with E-state index < -0.39 is 50.8 Å². The maximum Gasteiger partial charge on any atom is 0.433 e. The van der Waals surface area contributed by atoms with Crippen LogP contribution in [0.3, 0.4) is 0 Å². The van der Waals surface area contributed by atoms with Crippen LogP contribution in [-0.2, 0) is 27.5 Å². The van der Waals surface area contributed by atoms with Crippen molar-refractivity contribution in [1.29, 1.82) is 0 Å². The molecule has 0 fully saturated rings. The zero-order chi connectivity index (χ0) is 31.0. The van der Waals surface area contributed by atoms with Crippen LogP contribution >= 0.6 is 0 Å². The molecular weight excluding hydrogens is 585 g/mol. The van der Waals surface area contributed by atoms with Gasteiger partial charge in [0, 0.05) is 36.5 Å². The molecule has 0 unspecified atom stereocenters. The summed E-state index contributed by atoms with van der Waals surface area (Å²) in [4.78, 5) is 16.9. The Balaban J connectivity index is 1.90. The second-order valence-electron chi connectivity index (χ2n) is 10.3. The molecule has 14 heteroatoms. The monoisotopic (exact) mass is 611 g/mol. The summed E-state index contributed by atoms with van der Waals surface area (Å²) in [5.41, 5.74) is -1.90. The highest BCUT2D eigenvalue weighted by molar-refractivity contribution is 7.90. The van der Waals surface area contributed by atoms with Crippen LogP contribution in [0.1, 0.15) is 32.0 Å². The van der Waals surface area contributed by atoms with Gasteiger partial charge < -0.3 is 14.4 Å². The number of fused-ring (bicyclic) bond motifs is 1.